The average molecular weight is 571 g/mol. The Bertz CT molecular complexity index is 1170. The van der Waals surface area contributed by atoms with Crippen molar-refractivity contribution in [2.24, 2.45) is 50.2 Å². The van der Waals surface area contributed by atoms with E-state index in [2.05, 4.69) is 47.6 Å². The van der Waals surface area contributed by atoms with E-state index >= 15 is 0 Å². The fourth-order valence-corrected chi connectivity index (χ4v) is 11.3. The number of aliphatic carboxylic acids is 1. The van der Waals surface area contributed by atoms with Crippen LogP contribution in [0, 0.1) is 50.2 Å². The second kappa shape index (κ2) is 9.67. The van der Waals surface area contributed by atoms with Gasteiger partial charge in [0.15, 0.2) is 0 Å². The molecule has 6 nitrogen and oxygen atoms in total. The van der Waals surface area contributed by atoms with E-state index in [9.17, 15) is 24.9 Å². The van der Waals surface area contributed by atoms with Gasteiger partial charge in [-0.2, -0.15) is 0 Å². The predicted octanol–water partition coefficient (Wildman–Crippen LogP) is 6.69. The van der Waals surface area contributed by atoms with Crippen LogP contribution >= 0.6 is 0 Å². The Morgan fingerprint density at radius 2 is 1.68 bits per heavy atom. The van der Waals surface area contributed by atoms with Crippen LogP contribution < -0.4 is 0 Å². The smallest absolute Gasteiger partial charge is 0.333 e. The molecule has 0 aromatic rings. The Morgan fingerprint density at radius 1 is 1.00 bits per heavy atom. The molecule has 0 aliphatic heterocycles. The number of rotatable bonds is 4. The lowest BCUT2D eigenvalue weighted by Gasteiger charge is -2.71. The summed E-state index contributed by atoms with van der Waals surface area (Å²) in [5, 5.41) is 32.5. The molecule has 4 saturated carbocycles. The predicted molar refractivity (Wildman–Crippen MR) is 159 cm³/mol. The first-order valence-corrected chi connectivity index (χ1v) is 16.0. The van der Waals surface area contributed by atoms with Crippen molar-refractivity contribution >= 4 is 11.9 Å². The van der Waals surface area contributed by atoms with Gasteiger partial charge in [-0.15, -0.1) is 0 Å². The van der Waals surface area contributed by atoms with Gasteiger partial charge in [-0.05, 0) is 105 Å². The molecule has 0 heterocycles. The highest BCUT2D eigenvalue weighted by Crippen LogP contribution is 2.75. The minimum Gasteiger partial charge on any atom is -0.481 e. The van der Waals surface area contributed by atoms with Gasteiger partial charge in [0.2, 0.25) is 0 Å². The Kier molecular flexibility index (Phi) is 7.26. The molecule has 6 heteroatoms. The SMILES string of the molecule is CC=C(C)C(=O)OC1CC(C)(C)CC2C3=CCC4C5(C)CCC(O)C(C)(CO)C5CCC4(C)C3(C)CCC12C(=O)O. The summed E-state index contributed by atoms with van der Waals surface area (Å²) in [5.74, 6) is -0.800. The van der Waals surface area contributed by atoms with E-state index in [0.29, 0.717) is 30.8 Å². The standard InChI is InChI=1S/C35H54O6/c1-9-21(2)28(38)41-27-19-30(3,4)18-23-22-10-11-25-31(5)14-13-26(37)32(6,20-36)24(31)12-15-34(25,8)33(22,7)16-17-35(23,27)29(39)40/h9-10,23-27,36-37H,11-20H2,1-8H3,(H,39,40). The van der Waals surface area contributed by atoms with E-state index in [1.165, 1.54) is 5.57 Å². The van der Waals surface area contributed by atoms with Gasteiger partial charge in [-0.25, -0.2) is 4.79 Å². The molecule has 230 valence electrons. The van der Waals surface area contributed by atoms with Gasteiger partial charge in [0.1, 0.15) is 11.5 Å². The number of aliphatic hydroxyl groups excluding tert-OH is 2. The van der Waals surface area contributed by atoms with Gasteiger partial charge in [0.05, 0.1) is 12.7 Å². The van der Waals surface area contributed by atoms with E-state index < -0.39 is 35.0 Å². The molecular formula is C35H54O6. The minimum atomic E-state index is -1.13. The second-order valence-corrected chi connectivity index (χ2v) is 16.3. The topological polar surface area (TPSA) is 104 Å². The normalized spacial score (nSPS) is 49.0. The van der Waals surface area contributed by atoms with Crippen LogP contribution in [0.5, 0.6) is 0 Å². The number of allylic oxidation sites excluding steroid dienone is 3. The Labute approximate surface area is 247 Å². The molecule has 0 spiro atoms. The first-order valence-electron chi connectivity index (χ1n) is 16.0. The molecule has 0 saturated heterocycles. The molecule has 0 bridgehead atoms. The molecule has 4 fully saturated rings. The number of esters is 1. The molecule has 0 amide bonds. The van der Waals surface area contributed by atoms with Crippen LogP contribution in [0.4, 0.5) is 0 Å². The van der Waals surface area contributed by atoms with Crippen molar-refractivity contribution in [1.82, 2.24) is 0 Å². The van der Waals surface area contributed by atoms with Crippen LogP contribution in [0.2, 0.25) is 0 Å². The molecule has 0 radical (unpaired) electrons. The minimum absolute atomic E-state index is 0.00130. The van der Waals surface area contributed by atoms with Gasteiger partial charge >= 0.3 is 11.9 Å². The zero-order valence-corrected chi connectivity index (χ0v) is 26.7. The van der Waals surface area contributed by atoms with E-state index in [1.807, 2.05) is 0 Å². The Balaban J connectivity index is 1.60. The summed E-state index contributed by atoms with van der Waals surface area (Å²) in [6.07, 6.45) is 10.1. The van der Waals surface area contributed by atoms with Crippen LogP contribution in [0.15, 0.2) is 23.3 Å². The maximum absolute atomic E-state index is 13.4. The maximum Gasteiger partial charge on any atom is 0.333 e. The van der Waals surface area contributed by atoms with Gasteiger partial charge in [-0.3, -0.25) is 4.79 Å². The summed E-state index contributed by atoms with van der Waals surface area (Å²) < 4.78 is 6.13. The molecule has 5 rings (SSSR count). The summed E-state index contributed by atoms with van der Waals surface area (Å²) in [5.41, 5.74) is -0.203. The number of carbonyl (C=O) groups excluding carboxylic acids is 1. The van der Waals surface area contributed by atoms with E-state index in [0.717, 1.165) is 38.5 Å². The van der Waals surface area contributed by atoms with Crippen molar-refractivity contribution in [3.63, 3.8) is 0 Å². The highest BCUT2D eigenvalue weighted by Gasteiger charge is 2.71. The maximum atomic E-state index is 13.4. The number of carboxylic acid groups (broad SMARTS) is 1. The third-order valence-corrected chi connectivity index (χ3v) is 14.1. The molecule has 5 aliphatic rings. The van der Waals surface area contributed by atoms with Crippen molar-refractivity contribution in [1.29, 1.82) is 0 Å². The monoisotopic (exact) mass is 570 g/mol. The van der Waals surface area contributed by atoms with E-state index in [4.69, 9.17) is 4.74 Å². The van der Waals surface area contributed by atoms with Gasteiger partial charge < -0.3 is 20.1 Å². The zero-order valence-electron chi connectivity index (χ0n) is 26.7. The fourth-order valence-electron chi connectivity index (χ4n) is 11.3. The lowest BCUT2D eigenvalue weighted by molar-refractivity contribution is -0.223. The molecule has 5 aliphatic carbocycles. The number of carboxylic acids is 1. The molecule has 10 unspecified atom stereocenters. The van der Waals surface area contributed by atoms with Crippen LogP contribution in [0.25, 0.3) is 0 Å². The summed E-state index contributed by atoms with van der Waals surface area (Å²) in [7, 11) is 0. The number of carbonyl (C=O) groups is 2. The molecule has 3 N–H and O–H groups in total. The fraction of sp³-hybridized carbons (Fsp3) is 0.829. The molecule has 10 atom stereocenters. The Hall–Kier alpha value is -1.66. The lowest BCUT2D eigenvalue weighted by Crippen LogP contribution is -2.67. The van der Waals surface area contributed by atoms with Gasteiger partial charge in [0.25, 0.3) is 0 Å². The van der Waals surface area contributed by atoms with Crippen molar-refractivity contribution in [3.05, 3.63) is 23.3 Å². The van der Waals surface area contributed by atoms with Crippen LogP contribution in [-0.4, -0.2) is 46.1 Å². The number of fused-ring (bicyclic) bond motifs is 7. The average Bonchev–Trinajstić information content (AvgIpc) is 2.90. The van der Waals surface area contributed by atoms with Crippen LogP contribution in [0.3, 0.4) is 0 Å². The third-order valence-electron chi connectivity index (χ3n) is 14.1. The summed E-state index contributed by atoms with van der Waals surface area (Å²) in [6.45, 7) is 17.3. The van der Waals surface area contributed by atoms with Crippen LogP contribution in [-0.2, 0) is 14.3 Å². The third kappa shape index (κ3) is 4.01. The quantitative estimate of drug-likeness (QED) is 0.198. The van der Waals surface area contributed by atoms with Gasteiger partial charge in [-0.1, -0.05) is 59.3 Å². The summed E-state index contributed by atoms with van der Waals surface area (Å²) >= 11 is 0. The number of hydrogen-bond donors (Lipinski definition) is 3. The molecule has 0 aromatic carbocycles. The van der Waals surface area contributed by atoms with Crippen molar-refractivity contribution < 1.29 is 29.6 Å². The number of hydrogen-bond acceptors (Lipinski definition) is 5. The van der Waals surface area contributed by atoms with Crippen molar-refractivity contribution in [2.75, 3.05) is 6.61 Å². The first kappa shape index (κ1) is 30.8. The first-order chi connectivity index (χ1) is 19.0. The lowest BCUT2D eigenvalue weighted by atomic mass is 9.33. The van der Waals surface area contributed by atoms with Crippen molar-refractivity contribution in [2.45, 2.75) is 125 Å². The number of aliphatic hydroxyl groups is 2. The highest BCUT2D eigenvalue weighted by atomic mass is 16.5. The molecule has 0 aromatic heterocycles. The zero-order chi connectivity index (χ0) is 30.4. The Morgan fingerprint density at radius 3 is 2.29 bits per heavy atom. The van der Waals surface area contributed by atoms with Crippen LogP contribution in [0.1, 0.15) is 113 Å². The molecule has 41 heavy (non-hydrogen) atoms. The van der Waals surface area contributed by atoms with Gasteiger partial charge in [0, 0.05) is 16.9 Å². The second-order valence-electron chi connectivity index (χ2n) is 16.3. The van der Waals surface area contributed by atoms with Crippen molar-refractivity contribution in [3.8, 4) is 0 Å². The number of ether oxygens (including phenoxy) is 1. The van der Waals surface area contributed by atoms with E-state index in [-0.39, 0.29) is 40.1 Å². The highest BCUT2D eigenvalue weighted by molar-refractivity contribution is 5.88. The van der Waals surface area contributed by atoms with E-state index in [1.54, 1.807) is 19.9 Å². The molecular weight excluding hydrogens is 516 g/mol. The summed E-state index contributed by atoms with van der Waals surface area (Å²) in [6, 6.07) is 0. The summed E-state index contributed by atoms with van der Waals surface area (Å²) in [4.78, 5) is 26.4. The largest absolute Gasteiger partial charge is 0.481 e.